The molecule has 0 fully saturated rings. The molecule has 4 nitrogen and oxygen atoms in total. The fourth-order valence-electron chi connectivity index (χ4n) is 2.29. The lowest BCUT2D eigenvalue weighted by atomic mass is 9.82. The molecule has 0 saturated carbocycles. The molecule has 19 heavy (non-hydrogen) atoms. The number of carbonyl (C=O) groups is 1. The Kier molecular flexibility index (Phi) is 6.99. The van der Waals surface area contributed by atoms with Gasteiger partial charge in [-0.25, -0.2) is 0 Å². The summed E-state index contributed by atoms with van der Waals surface area (Å²) in [5.41, 5.74) is 1.58. The van der Waals surface area contributed by atoms with E-state index in [1.54, 1.807) is 6.92 Å². The first-order chi connectivity index (χ1) is 9.13. The van der Waals surface area contributed by atoms with Crippen LogP contribution in [0.4, 0.5) is 0 Å². The molecule has 0 unspecified atom stereocenters. The fraction of sp³-hybridized carbons (Fsp3) is 0.667. The number of carbonyl (C=O) groups excluding carboxylic acids is 1. The standard InChI is InChI=1S/C15H24O4/c1-3-12(10-17)13-9-14(18)11(2)8-15(13)19-7-5-4-6-16/h3,8,13,15-17H,4-7,9-10H2,1-2H3/b12-3-/t13-,15-/m1/s1. The van der Waals surface area contributed by atoms with E-state index in [0.29, 0.717) is 13.0 Å². The van der Waals surface area contributed by atoms with E-state index in [4.69, 9.17) is 9.84 Å². The molecule has 2 atom stereocenters. The highest BCUT2D eigenvalue weighted by molar-refractivity contribution is 5.96. The second kappa shape index (κ2) is 8.25. The number of rotatable bonds is 7. The van der Waals surface area contributed by atoms with Crippen molar-refractivity contribution in [1.82, 2.24) is 0 Å². The number of hydrogen-bond donors (Lipinski definition) is 2. The minimum atomic E-state index is -0.158. The number of aliphatic hydroxyl groups excluding tert-OH is 2. The summed E-state index contributed by atoms with van der Waals surface area (Å²) in [6, 6.07) is 0. The monoisotopic (exact) mass is 268 g/mol. The molecule has 0 aromatic heterocycles. The van der Waals surface area contributed by atoms with Crippen LogP contribution in [0.15, 0.2) is 23.3 Å². The maximum atomic E-state index is 11.8. The number of ether oxygens (including phenoxy) is 1. The van der Waals surface area contributed by atoms with Crippen LogP contribution in [0.2, 0.25) is 0 Å². The Labute approximate surface area is 114 Å². The predicted octanol–water partition coefficient (Wildman–Crippen LogP) is 1.62. The van der Waals surface area contributed by atoms with Gasteiger partial charge in [-0.05, 0) is 43.9 Å². The summed E-state index contributed by atoms with van der Waals surface area (Å²) in [5, 5.41) is 18.1. The third kappa shape index (κ3) is 4.56. The Balaban J connectivity index is 2.72. The van der Waals surface area contributed by atoms with E-state index >= 15 is 0 Å². The van der Waals surface area contributed by atoms with E-state index in [1.807, 2.05) is 19.1 Å². The summed E-state index contributed by atoms with van der Waals surface area (Å²) in [7, 11) is 0. The first-order valence-corrected chi connectivity index (χ1v) is 6.84. The van der Waals surface area contributed by atoms with Gasteiger partial charge in [0.25, 0.3) is 0 Å². The van der Waals surface area contributed by atoms with Crippen LogP contribution in [0.1, 0.15) is 33.1 Å². The van der Waals surface area contributed by atoms with Gasteiger partial charge in [-0.3, -0.25) is 4.79 Å². The average Bonchev–Trinajstić information content (AvgIpc) is 2.41. The van der Waals surface area contributed by atoms with E-state index in [0.717, 1.165) is 24.0 Å². The van der Waals surface area contributed by atoms with E-state index in [1.165, 1.54) is 0 Å². The number of allylic oxidation sites excluding steroid dienone is 2. The molecule has 0 saturated heterocycles. The summed E-state index contributed by atoms with van der Waals surface area (Å²) < 4.78 is 5.81. The Bertz CT molecular complexity index is 357. The number of aliphatic hydroxyl groups is 2. The topological polar surface area (TPSA) is 66.8 Å². The molecule has 4 heteroatoms. The SMILES string of the molecule is C/C=C(/CO)[C@H]1CC(=O)C(C)=C[C@H]1OCCCCO. The van der Waals surface area contributed by atoms with Gasteiger partial charge in [-0.1, -0.05) is 6.08 Å². The van der Waals surface area contributed by atoms with Crippen molar-refractivity contribution >= 4 is 5.78 Å². The first kappa shape index (κ1) is 16.1. The minimum Gasteiger partial charge on any atom is -0.396 e. The predicted molar refractivity (Wildman–Crippen MR) is 73.8 cm³/mol. The second-order valence-electron chi connectivity index (χ2n) is 4.87. The lowest BCUT2D eigenvalue weighted by Crippen LogP contribution is -2.32. The Morgan fingerprint density at radius 1 is 1.47 bits per heavy atom. The molecule has 0 aromatic rings. The van der Waals surface area contributed by atoms with E-state index in [2.05, 4.69) is 0 Å². The van der Waals surface area contributed by atoms with Crippen molar-refractivity contribution in [1.29, 1.82) is 0 Å². The van der Waals surface area contributed by atoms with Crippen molar-refractivity contribution in [3.8, 4) is 0 Å². The van der Waals surface area contributed by atoms with Gasteiger partial charge >= 0.3 is 0 Å². The fourth-order valence-corrected chi connectivity index (χ4v) is 2.29. The Morgan fingerprint density at radius 2 is 2.21 bits per heavy atom. The minimum absolute atomic E-state index is 0.0438. The lowest BCUT2D eigenvalue weighted by molar-refractivity contribution is -0.118. The highest BCUT2D eigenvalue weighted by Gasteiger charge is 2.30. The largest absolute Gasteiger partial charge is 0.396 e. The summed E-state index contributed by atoms with van der Waals surface area (Å²) in [4.78, 5) is 11.8. The molecule has 0 bridgehead atoms. The number of hydrogen-bond acceptors (Lipinski definition) is 4. The van der Waals surface area contributed by atoms with Crippen molar-refractivity contribution in [2.75, 3.05) is 19.8 Å². The molecular formula is C15H24O4. The van der Waals surface area contributed by atoms with Gasteiger partial charge in [0.2, 0.25) is 0 Å². The maximum absolute atomic E-state index is 11.8. The third-order valence-corrected chi connectivity index (χ3v) is 3.55. The number of ketones is 1. The van der Waals surface area contributed by atoms with Crippen LogP contribution < -0.4 is 0 Å². The van der Waals surface area contributed by atoms with E-state index < -0.39 is 0 Å². The van der Waals surface area contributed by atoms with Crippen molar-refractivity contribution in [3.63, 3.8) is 0 Å². The Hall–Kier alpha value is -0.970. The average molecular weight is 268 g/mol. The molecule has 2 N–H and O–H groups in total. The molecule has 0 aliphatic heterocycles. The maximum Gasteiger partial charge on any atom is 0.159 e. The lowest BCUT2D eigenvalue weighted by Gasteiger charge is -2.30. The van der Waals surface area contributed by atoms with Crippen molar-refractivity contribution in [2.45, 2.75) is 39.2 Å². The van der Waals surface area contributed by atoms with E-state index in [9.17, 15) is 9.90 Å². The van der Waals surface area contributed by atoms with Crippen LogP contribution in [-0.4, -0.2) is 41.9 Å². The molecule has 1 rings (SSSR count). The number of Topliss-reactive ketones (excluding diaryl/α,β-unsaturated/α-hetero) is 1. The quantitative estimate of drug-likeness (QED) is 0.544. The molecule has 1 aliphatic rings. The highest BCUT2D eigenvalue weighted by Crippen LogP contribution is 2.29. The van der Waals surface area contributed by atoms with Gasteiger partial charge in [-0.15, -0.1) is 0 Å². The summed E-state index contributed by atoms with van der Waals surface area (Å²) in [6.45, 7) is 4.35. The molecular weight excluding hydrogens is 244 g/mol. The third-order valence-electron chi connectivity index (χ3n) is 3.55. The van der Waals surface area contributed by atoms with Crippen molar-refractivity contribution in [2.24, 2.45) is 5.92 Å². The summed E-state index contributed by atoms with van der Waals surface area (Å²) >= 11 is 0. The van der Waals surface area contributed by atoms with Gasteiger partial charge in [0, 0.05) is 25.6 Å². The zero-order valence-corrected chi connectivity index (χ0v) is 11.8. The van der Waals surface area contributed by atoms with E-state index in [-0.39, 0.29) is 31.0 Å². The molecule has 0 spiro atoms. The Morgan fingerprint density at radius 3 is 2.79 bits per heavy atom. The number of unbranched alkanes of at least 4 members (excludes halogenated alkanes) is 1. The van der Waals surface area contributed by atoms with Gasteiger partial charge in [0.15, 0.2) is 5.78 Å². The van der Waals surface area contributed by atoms with Crippen LogP contribution >= 0.6 is 0 Å². The normalized spacial score (nSPS) is 24.5. The van der Waals surface area contributed by atoms with Gasteiger partial charge in [-0.2, -0.15) is 0 Å². The van der Waals surface area contributed by atoms with Gasteiger partial charge in [0.05, 0.1) is 12.7 Å². The van der Waals surface area contributed by atoms with Gasteiger partial charge < -0.3 is 14.9 Å². The first-order valence-electron chi connectivity index (χ1n) is 6.84. The molecule has 0 heterocycles. The van der Waals surface area contributed by atoms with Crippen molar-refractivity contribution < 1.29 is 19.7 Å². The van der Waals surface area contributed by atoms with Crippen molar-refractivity contribution in [3.05, 3.63) is 23.3 Å². The molecule has 1 aliphatic carbocycles. The van der Waals surface area contributed by atoms with Crippen LogP contribution in [-0.2, 0) is 9.53 Å². The summed E-state index contributed by atoms with van der Waals surface area (Å²) in [5.74, 6) is 0.0494. The van der Waals surface area contributed by atoms with Crippen LogP contribution in [0, 0.1) is 5.92 Å². The van der Waals surface area contributed by atoms with Gasteiger partial charge in [0.1, 0.15) is 0 Å². The highest BCUT2D eigenvalue weighted by atomic mass is 16.5. The molecule has 0 aromatic carbocycles. The smallest absolute Gasteiger partial charge is 0.159 e. The molecule has 108 valence electrons. The van der Waals surface area contributed by atoms with Crippen LogP contribution in [0.5, 0.6) is 0 Å². The zero-order valence-electron chi connectivity index (χ0n) is 11.8. The zero-order chi connectivity index (χ0) is 14.3. The summed E-state index contributed by atoms with van der Waals surface area (Å²) in [6.07, 6.45) is 5.47. The molecule has 0 amide bonds. The molecule has 0 radical (unpaired) electrons. The second-order valence-corrected chi connectivity index (χ2v) is 4.87. The van der Waals surface area contributed by atoms with Crippen LogP contribution in [0.25, 0.3) is 0 Å². The van der Waals surface area contributed by atoms with Crippen LogP contribution in [0.3, 0.4) is 0 Å².